The molecular weight excluding hydrogens is 332 g/mol. The first kappa shape index (κ1) is 17.5. The van der Waals surface area contributed by atoms with Crippen molar-refractivity contribution in [2.24, 2.45) is 0 Å². The SMILES string of the molecule is COc1ccc(CCNC(=O)c2cc(OCc3ccccc3)no2)cc1. The number of benzene rings is 2. The molecule has 1 aromatic heterocycles. The van der Waals surface area contributed by atoms with Gasteiger partial charge in [0.15, 0.2) is 0 Å². The summed E-state index contributed by atoms with van der Waals surface area (Å²) in [7, 11) is 1.63. The number of methoxy groups -OCH3 is 1. The van der Waals surface area contributed by atoms with Crippen LogP contribution in [0.5, 0.6) is 11.6 Å². The van der Waals surface area contributed by atoms with Gasteiger partial charge in [-0.15, -0.1) is 0 Å². The third-order valence-electron chi connectivity index (χ3n) is 3.80. The van der Waals surface area contributed by atoms with E-state index >= 15 is 0 Å². The Kier molecular flexibility index (Phi) is 5.88. The van der Waals surface area contributed by atoms with Crippen LogP contribution < -0.4 is 14.8 Å². The molecule has 2 aromatic carbocycles. The second-order valence-corrected chi connectivity index (χ2v) is 5.66. The number of carbonyl (C=O) groups is 1. The number of carbonyl (C=O) groups excluding carboxylic acids is 1. The molecule has 26 heavy (non-hydrogen) atoms. The highest BCUT2D eigenvalue weighted by Gasteiger charge is 2.13. The van der Waals surface area contributed by atoms with Crippen LogP contribution >= 0.6 is 0 Å². The van der Waals surface area contributed by atoms with Crippen molar-refractivity contribution in [1.82, 2.24) is 10.5 Å². The van der Waals surface area contributed by atoms with Gasteiger partial charge in [0, 0.05) is 6.54 Å². The van der Waals surface area contributed by atoms with Gasteiger partial charge in [-0.25, -0.2) is 0 Å². The molecule has 0 aliphatic heterocycles. The van der Waals surface area contributed by atoms with Gasteiger partial charge >= 0.3 is 0 Å². The van der Waals surface area contributed by atoms with Crippen molar-refractivity contribution in [3.8, 4) is 11.6 Å². The van der Waals surface area contributed by atoms with E-state index < -0.39 is 0 Å². The molecule has 0 aliphatic carbocycles. The van der Waals surface area contributed by atoms with Crippen molar-refractivity contribution in [3.63, 3.8) is 0 Å². The summed E-state index contributed by atoms with van der Waals surface area (Å²) in [6.45, 7) is 0.859. The zero-order valence-electron chi connectivity index (χ0n) is 14.5. The summed E-state index contributed by atoms with van der Waals surface area (Å²) >= 11 is 0. The van der Waals surface area contributed by atoms with E-state index in [0.29, 0.717) is 19.6 Å². The summed E-state index contributed by atoms with van der Waals surface area (Å²) in [4.78, 5) is 12.1. The van der Waals surface area contributed by atoms with Gasteiger partial charge < -0.3 is 19.3 Å². The van der Waals surface area contributed by atoms with Crippen LogP contribution in [0.1, 0.15) is 21.7 Å². The Morgan fingerprint density at radius 1 is 1.08 bits per heavy atom. The van der Waals surface area contributed by atoms with Gasteiger partial charge in [0.1, 0.15) is 12.4 Å². The van der Waals surface area contributed by atoms with Gasteiger partial charge in [0.2, 0.25) is 5.76 Å². The third-order valence-corrected chi connectivity index (χ3v) is 3.80. The van der Waals surface area contributed by atoms with Gasteiger partial charge in [0.05, 0.1) is 13.2 Å². The molecule has 0 aliphatic rings. The standard InChI is InChI=1S/C20H20N2O4/c1-24-17-9-7-15(8-10-17)11-12-21-20(23)18-13-19(22-26-18)25-14-16-5-3-2-4-6-16/h2-10,13H,11-12,14H2,1H3,(H,21,23). The van der Waals surface area contributed by atoms with Crippen molar-refractivity contribution in [3.05, 3.63) is 77.6 Å². The maximum absolute atomic E-state index is 12.1. The second-order valence-electron chi connectivity index (χ2n) is 5.66. The topological polar surface area (TPSA) is 73.6 Å². The lowest BCUT2D eigenvalue weighted by Gasteiger charge is -2.04. The van der Waals surface area contributed by atoms with E-state index in [1.54, 1.807) is 7.11 Å². The molecule has 3 aromatic rings. The van der Waals surface area contributed by atoms with Gasteiger partial charge in [-0.1, -0.05) is 42.5 Å². The molecular formula is C20H20N2O4. The highest BCUT2D eigenvalue weighted by atomic mass is 16.5. The first-order chi connectivity index (χ1) is 12.7. The number of nitrogens with one attached hydrogen (secondary N) is 1. The Morgan fingerprint density at radius 3 is 2.58 bits per heavy atom. The van der Waals surface area contributed by atoms with Crippen molar-refractivity contribution in [1.29, 1.82) is 0 Å². The summed E-state index contributed by atoms with van der Waals surface area (Å²) < 4.78 is 15.7. The number of hydrogen-bond acceptors (Lipinski definition) is 5. The van der Waals surface area contributed by atoms with E-state index in [1.165, 1.54) is 6.07 Å². The molecule has 6 nitrogen and oxygen atoms in total. The van der Waals surface area contributed by atoms with Crippen LogP contribution in [-0.2, 0) is 13.0 Å². The van der Waals surface area contributed by atoms with Crippen LogP contribution in [0.4, 0.5) is 0 Å². The zero-order valence-corrected chi connectivity index (χ0v) is 14.5. The van der Waals surface area contributed by atoms with E-state index in [0.717, 1.165) is 16.9 Å². The molecule has 0 fully saturated rings. The first-order valence-corrected chi connectivity index (χ1v) is 8.29. The monoisotopic (exact) mass is 352 g/mol. The zero-order chi connectivity index (χ0) is 18.2. The fourth-order valence-corrected chi connectivity index (χ4v) is 2.37. The maximum atomic E-state index is 12.1. The molecule has 0 saturated carbocycles. The lowest BCUT2D eigenvalue weighted by atomic mass is 10.1. The minimum Gasteiger partial charge on any atom is -0.497 e. The predicted octanol–water partition coefficient (Wildman–Crippen LogP) is 3.23. The number of hydrogen-bond donors (Lipinski definition) is 1. The molecule has 134 valence electrons. The van der Waals surface area contributed by atoms with E-state index in [-0.39, 0.29) is 17.5 Å². The summed E-state index contributed by atoms with van der Waals surface area (Å²) in [6.07, 6.45) is 0.710. The second kappa shape index (κ2) is 8.71. The number of rotatable bonds is 8. The number of aromatic nitrogens is 1. The lowest BCUT2D eigenvalue weighted by Crippen LogP contribution is -2.25. The molecule has 0 bridgehead atoms. The quantitative estimate of drug-likeness (QED) is 0.674. The van der Waals surface area contributed by atoms with Crippen LogP contribution in [0.3, 0.4) is 0 Å². The third kappa shape index (κ3) is 4.86. The maximum Gasteiger partial charge on any atom is 0.290 e. The predicted molar refractivity (Wildman–Crippen MR) is 96.3 cm³/mol. The number of nitrogens with zero attached hydrogens (tertiary/aromatic N) is 1. The molecule has 0 saturated heterocycles. The summed E-state index contributed by atoms with van der Waals surface area (Å²) in [5, 5.41) is 6.57. The van der Waals surface area contributed by atoms with Crippen LogP contribution in [0.15, 0.2) is 65.2 Å². The van der Waals surface area contributed by atoms with Crippen LogP contribution in [0, 0.1) is 0 Å². The minimum absolute atomic E-state index is 0.128. The molecule has 0 radical (unpaired) electrons. The Labute approximate surface area is 151 Å². The van der Waals surface area contributed by atoms with Gasteiger partial charge in [-0.3, -0.25) is 4.79 Å². The van der Waals surface area contributed by atoms with Crippen molar-refractivity contribution >= 4 is 5.91 Å². The summed E-state index contributed by atoms with van der Waals surface area (Å²) in [6, 6.07) is 18.9. The molecule has 1 heterocycles. The van der Waals surface area contributed by atoms with E-state index in [2.05, 4.69) is 10.5 Å². The van der Waals surface area contributed by atoms with Gasteiger partial charge in [-0.05, 0) is 34.8 Å². The van der Waals surface area contributed by atoms with E-state index in [9.17, 15) is 4.79 Å². The first-order valence-electron chi connectivity index (χ1n) is 8.29. The van der Waals surface area contributed by atoms with Crippen LogP contribution in [0.2, 0.25) is 0 Å². The molecule has 1 N–H and O–H groups in total. The Bertz CT molecular complexity index is 829. The summed E-state index contributed by atoms with van der Waals surface area (Å²) in [5.41, 5.74) is 2.12. The van der Waals surface area contributed by atoms with Crippen molar-refractivity contribution < 1.29 is 18.8 Å². The number of amides is 1. The Morgan fingerprint density at radius 2 is 1.85 bits per heavy atom. The van der Waals surface area contributed by atoms with Crippen LogP contribution in [0.25, 0.3) is 0 Å². The Balaban J connectivity index is 1.45. The van der Waals surface area contributed by atoms with Crippen molar-refractivity contribution in [2.75, 3.05) is 13.7 Å². The van der Waals surface area contributed by atoms with Crippen molar-refractivity contribution in [2.45, 2.75) is 13.0 Å². The molecule has 0 spiro atoms. The average molecular weight is 352 g/mol. The highest BCUT2D eigenvalue weighted by molar-refractivity contribution is 5.91. The number of ether oxygens (including phenoxy) is 2. The van der Waals surface area contributed by atoms with Gasteiger partial charge in [-0.2, -0.15) is 0 Å². The summed E-state index contributed by atoms with van der Waals surface area (Å²) in [5.74, 6) is 0.903. The largest absolute Gasteiger partial charge is 0.497 e. The fraction of sp³-hybridized carbons (Fsp3) is 0.200. The molecule has 6 heteroatoms. The molecule has 0 unspecified atom stereocenters. The normalized spacial score (nSPS) is 10.3. The molecule has 0 atom stereocenters. The van der Waals surface area contributed by atoms with Gasteiger partial charge in [0.25, 0.3) is 11.8 Å². The molecule has 3 rings (SSSR count). The highest BCUT2D eigenvalue weighted by Crippen LogP contribution is 2.14. The van der Waals surface area contributed by atoms with E-state index in [4.69, 9.17) is 14.0 Å². The Hall–Kier alpha value is -3.28. The average Bonchev–Trinajstić information content (AvgIpc) is 3.17. The van der Waals surface area contributed by atoms with E-state index in [1.807, 2.05) is 54.6 Å². The lowest BCUT2D eigenvalue weighted by molar-refractivity contribution is 0.0917. The fourth-order valence-electron chi connectivity index (χ4n) is 2.37. The minimum atomic E-state index is -0.319. The van der Waals surface area contributed by atoms with Crippen LogP contribution in [-0.4, -0.2) is 24.7 Å². The smallest absolute Gasteiger partial charge is 0.290 e. The molecule has 1 amide bonds.